The lowest BCUT2D eigenvalue weighted by Crippen LogP contribution is -2.36. The van der Waals surface area contributed by atoms with Gasteiger partial charge in [0.2, 0.25) is 0 Å². The van der Waals surface area contributed by atoms with Crippen molar-refractivity contribution in [2.45, 2.75) is 26.7 Å². The zero-order valence-corrected chi connectivity index (χ0v) is 21.0. The summed E-state index contributed by atoms with van der Waals surface area (Å²) in [6.45, 7) is 8.90. The van der Waals surface area contributed by atoms with Gasteiger partial charge in [-0.3, -0.25) is 0 Å². The molecule has 3 heterocycles. The molecule has 2 aromatic carbocycles. The Balaban J connectivity index is 1.73. The third kappa shape index (κ3) is 4.91. The van der Waals surface area contributed by atoms with Crippen LogP contribution in [0.5, 0.6) is 0 Å². The van der Waals surface area contributed by atoms with Gasteiger partial charge in [0.25, 0.3) is 0 Å². The molecule has 0 N–H and O–H groups in total. The summed E-state index contributed by atoms with van der Waals surface area (Å²) in [5, 5.41) is 5.43. The number of benzene rings is 2. The number of carbonyl (C=O) groups excluding carboxylic acids is 1. The van der Waals surface area contributed by atoms with Crippen molar-refractivity contribution < 1.29 is 23.0 Å². The molecule has 5 rings (SSSR count). The van der Waals surface area contributed by atoms with Gasteiger partial charge in [-0.05, 0) is 54.3 Å². The summed E-state index contributed by atoms with van der Waals surface area (Å²) in [4.78, 5) is 19.6. The van der Waals surface area contributed by atoms with Gasteiger partial charge in [0.15, 0.2) is 11.3 Å². The monoisotopic (exact) mass is 506 g/mol. The first-order valence-electron chi connectivity index (χ1n) is 12.4. The zero-order chi connectivity index (χ0) is 26.1. The fourth-order valence-corrected chi connectivity index (χ4v) is 4.60. The summed E-state index contributed by atoms with van der Waals surface area (Å²) in [7, 11) is 0. The van der Waals surface area contributed by atoms with Gasteiger partial charge in [-0.2, -0.15) is 5.10 Å². The Morgan fingerprint density at radius 2 is 1.70 bits per heavy atom. The Bertz CT molecular complexity index is 1420. The lowest BCUT2D eigenvalue weighted by molar-refractivity contribution is 0.0520. The number of ether oxygens (including phenoxy) is 2. The van der Waals surface area contributed by atoms with E-state index in [2.05, 4.69) is 9.88 Å². The molecule has 37 heavy (non-hydrogen) atoms. The number of aromatic nitrogens is 3. The molecule has 0 atom stereocenters. The van der Waals surface area contributed by atoms with E-state index in [9.17, 15) is 13.6 Å². The van der Waals surface area contributed by atoms with Crippen LogP contribution in [0.25, 0.3) is 27.8 Å². The Kier molecular flexibility index (Phi) is 6.88. The number of rotatable bonds is 6. The minimum absolute atomic E-state index is 0.0243. The highest BCUT2D eigenvalue weighted by Crippen LogP contribution is 2.36. The number of carbonyl (C=O) groups is 1. The molecule has 0 spiro atoms. The molecule has 0 unspecified atom stereocenters. The highest BCUT2D eigenvalue weighted by atomic mass is 19.1. The summed E-state index contributed by atoms with van der Waals surface area (Å²) in [6.07, 6.45) is 0. The topological polar surface area (TPSA) is 69.5 Å². The number of esters is 1. The molecule has 7 nitrogen and oxygen atoms in total. The number of hydrogen-bond donors (Lipinski definition) is 0. The van der Waals surface area contributed by atoms with Crippen molar-refractivity contribution in [1.29, 1.82) is 0 Å². The quantitative estimate of drug-likeness (QED) is 0.322. The Labute approximate surface area is 213 Å². The van der Waals surface area contributed by atoms with Crippen molar-refractivity contribution in [2.24, 2.45) is 0 Å². The predicted molar refractivity (Wildman–Crippen MR) is 137 cm³/mol. The second-order valence-electron chi connectivity index (χ2n) is 9.20. The molecule has 192 valence electrons. The highest BCUT2D eigenvalue weighted by molar-refractivity contribution is 6.00. The largest absolute Gasteiger partial charge is 0.461 e. The Hall–Kier alpha value is -3.85. The van der Waals surface area contributed by atoms with E-state index in [1.165, 1.54) is 16.8 Å². The van der Waals surface area contributed by atoms with E-state index < -0.39 is 17.6 Å². The summed E-state index contributed by atoms with van der Waals surface area (Å²) in [5.74, 6) is -2.07. The molecule has 0 radical (unpaired) electrons. The number of morpholine rings is 1. The van der Waals surface area contributed by atoms with Crippen molar-refractivity contribution in [2.75, 3.05) is 37.8 Å². The van der Waals surface area contributed by atoms with Crippen LogP contribution in [-0.2, 0) is 9.47 Å². The van der Waals surface area contributed by atoms with Gasteiger partial charge in [0, 0.05) is 24.8 Å². The van der Waals surface area contributed by atoms with Crippen LogP contribution in [0.3, 0.4) is 0 Å². The van der Waals surface area contributed by atoms with E-state index in [1.54, 1.807) is 13.0 Å². The Morgan fingerprint density at radius 3 is 2.32 bits per heavy atom. The number of anilines is 1. The molecule has 1 saturated heterocycles. The number of fused-ring (bicyclic) bond motifs is 1. The van der Waals surface area contributed by atoms with E-state index in [1.807, 2.05) is 38.1 Å². The summed E-state index contributed by atoms with van der Waals surface area (Å²) in [5.41, 5.74) is 3.99. The van der Waals surface area contributed by atoms with Gasteiger partial charge < -0.3 is 14.4 Å². The number of nitrogens with zero attached hydrogens (tertiary/aromatic N) is 4. The van der Waals surface area contributed by atoms with Gasteiger partial charge >= 0.3 is 5.97 Å². The average Bonchev–Trinajstić information content (AvgIpc) is 3.28. The molecule has 1 aliphatic rings. The summed E-state index contributed by atoms with van der Waals surface area (Å²) >= 11 is 0. The second kappa shape index (κ2) is 10.3. The fraction of sp³-hybridized carbons (Fsp3) is 0.321. The molecule has 2 aromatic heterocycles. The first-order valence-corrected chi connectivity index (χ1v) is 12.4. The van der Waals surface area contributed by atoms with Gasteiger partial charge in [0.1, 0.15) is 11.6 Å². The van der Waals surface area contributed by atoms with E-state index in [0.717, 1.165) is 36.0 Å². The number of halogens is 2. The highest BCUT2D eigenvalue weighted by Gasteiger charge is 2.24. The molecule has 0 saturated carbocycles. The molecule has 0 bridgehead atoms. The minimum Gasteiger partial charge on any atom is -0.461 e. The first kappa shape index (κ1) is 24.8. The summed E-state index contributed by atoms with van der Waals surface area (Å²) in [6, 6.07) is 13.0. The van der Waals surface area contributed by atoms with E-state index in [4.69, 9.17) is 14.6 Å². The Morgan fingerprint density at radius 1 is 1.03 bits per heavy atom. The van der Waals surface area contributed by atoms with Crippen LogP contribution in [0.4, 0.5) is 14.5 Å². The van der Waals surface area contributed by atoms with E-state index in [-0.39, 0.29) is 23.9 Å². The van der Waals surface area contributed by atoms with Crippen molar-refractivity contribution in [3.8, 4) is 16.8 Å². The van der Waals surface area contributed by atoms with Crippen molar-refractivity contribution in [3.63, 3.8) is 0 Å². The van der Waals surface area contributed by atoms with Crippen LogP contribution >= 0.6 is 0 Å². The predicted octanol–water partition coefficient (Wildman–Crippen LogP) is 5.50. The third-order valence-corrected chi connectivity index (χ3v) is 6.34. The van der Waals surface area contributed by atoms with Gasteiger partial charge in [0.05, 0.1) is 36.6 Å². The maximum absolute atomic E-state index is 14.1. The first-order chi connectivity index (χ1) is 17.9. The lowest BCUT2D eigenvalue weighted by Gasteiger charge is -2.29. The zero-order valence-electron chi connectivity index (χ0n) is 21.0. The third-order valence-electron chi connectivity index (χ3n) is 6.34. The van der Waals surface area contributed by atoms with E-state index in [0.29, 0.717) is 29.9 Å². The van der Waals surface area contributed by atoms with Crippen LogP contribution < -0.4 is 4.90 Å². The van der Waals surface area contributed by atoms with E-state index >= 15 is 0 Å². The smallest absolute Gasteiger partial charge is 0.357 e. The van der Waals surface area contributed by atoms with Crippen LogP contribution in [0.15, 0.2) is 48.5 Å². The molecule has 1 aliphatic heterocycles. The molecule has 0 aliphatic carbocycles. The number of pyridine rings is 1. The molecular formula is C28H28F2N4O3. The maximum Gasteiger partial charge on any atom is 0.357 e. The van der Waals surface area contributed by atoms with Crippen LogP contribution in [0.1, 0.15) is 42.9 Å². The van der Waals surface area contributed by atoms with Gasteiger partial charge in [-0.25, -0.2) is 23.2 Å². The molecule has 1 fully saturated rings. The van der Waals surface area contributed by atoms with Crippen LogP contribution in [0, 0.1) is 11.6 Å². The van der Waals surface area contributed by atoms with Crippen LogP contribution in [0.2, 0.25) is 0 Å². The second-order valence-corrected chi connectivity index (χ2v) is 9.20. The number of hydrogen-bond acceptors (Lipinski definition) is 6. The fourth-order valence-electron chi connectivity index (χ4n) is 4.60. The molecule has 0 amide bonds. The molecule has 9 heteroatoms. The molecular weight excluding hydrogens is 478 g/mol. The van der Waals surface area contributed by atoms with Crippen molar-refractivity contribution >= 4 is 22.7 Å². The van der Waals surface area contributed by atoms with Gasteiger partial charge in [-0.1, -0.05) is 26.0 Å². The van der Waals surface area contributed by atoms with Crippen LogP contribution in [-0.4, -0.2) is 53.6 Å². The normalized spacial score (nSPS) is 13.9. The standard InChI is InChI=1S/C28H28F2N4O3/c1-4-37-28(35)24-16-23(18-5-7-21(8-6-18)33-9-11-36-12-10-33)25-26(17(2)3)32-34(27(25)31-24)22-14-19(29)13-20(30)15-22/h5-8,13-17H,4,9-12H2,1-3H3. The van der Waals surface area contributed by atoms with Gasteiger partial charge in [-0.15, -0.1) is 0 Å². The lowest BCUT2D eigenvalue weighted by atomic mass is 9.97. The van der Waals surface area contributed by atoms with Crippen molar-refractivity contribution in [3.05, 3.63) is 71.6 Å². The van der Waals surface area contributed by atoms with Crippen molar-refractivity contribution in [1.82, 2.24) is 14.8 Å². The average molecular weight is 507 g/mol. The minimum atomic E-state index is -0.731. The summed E-state index contributed by atoms with van der Waals surface area (Å²) < 4.78 is 40.4. The SMILES string of the molecule is CCOC(=O)c1cc(-c2ccc(N3CCOCC3)cc2)c2c(C(C)C)nn(-c3cc(F)cc(F)c3)c2n1. The maximum atomic E-state index is 14.1. The molecule has 4 aromatic rings.